The summed E-state index contributed by atoms with van der Waals surface area (Å²) in [4.78, 5) is 34.1. The third kappa shape index (κ3) is 3.09. The quantitative estimate of drug-likeness (QED) is 0.706. The molecule has 1 saturated heterocycles. The Morgan fingerprint density at radius 1 is 1.10 bits per heavy atom. The number of H-pyrrole nitrogens is 1. The molecule has 0 spiro atoms. The molecule has 2 atom stereocenters. The monoisotopic (exact) mass is 417 g/mol. The van der Waals surface area contributed by atoms with Crippen LogP contribution < -0.4 is 4.74 Å². The van der Waals surface area contributed by atoms with E-state index in [1.54, 1.807) is 16.9 Å². The number of carbonyl (C=O) groups excluding carboxylic acids is 2. The zero-order valence-electron chi connectivity index (χ0n) is 18.1. The van der Waals surface area contributed by atoms with E-state index in [0.717, 1.165) is 27.7 Å². The van der Waals surface area contributed by atoms with Crippen molar-refractivity contribution in [2.75, 3.05) is 20.2 Å². The van der Waals surface area contributed by atoms with Gasteiger partial charge in [-0.05, 0) is 23.6 Å². The highest BCUT2D eigenvalue weighted by Gasteiger charge is 2.48. The minimum absolute atomic E-state index is 0.0227. The van der Waals surface area contributed by atoms with Crippen molar-refractivity contribution >= 4 is 22.7 Å². The number of aromatic amines is 1. The van der Waals surface area contributed by atoms with Gasteiger partial charge in [-0.25, -0.2) is 0 Å². The maximum atomic E-state index is 13.5. The number of carbonyl (C=O) groups is 2. The van der Waals surface area contributed by atoms with Gasteiger partial charge < -0.3 is 19.5 Å². The Morgan fingerprint density at radius 2 is 1.84 bits per heavy atom. The summed E-state index contributed by atoms with van der Waals surface area (Å²) in [6, 6.07) is 15.0. The molecule has 0 radical (unpaired) electrons. The van der Waals surface area contributed by atoms with Gasteiger partial charge in [-0.1, -0.05) is 50.2 Å². The van der Waals surface area contributed by atoms with Crippen LogP contribution in [-0.2, 0) is 16.0 Å². The lowest BCUT2D eigenvalue weighted by atomic mass is 9.85. The maximum absolute atomic E-state index is 13.5. The number of nitrogens with zero attached hydrogens (tertiary/aromatic N) is 2. The Morgan fingerprint density at radius 3 is 2.61 bits per heavy atom. The molecule has 0 saturated carbocycles. The molecule has 3 heterocycles. The summed E-state index contributed by atoms with van der Waals surface area (Å²) >= 11 is 0. The van der Waals surface area contributed by atoms with Crippen molar-refractivity contribution in [3.8, 4) is 5.75 Å². The summed E-state index contributed by atoms with van der Waals surface area (Å²) < 4.78 is 5.66. The summed E-state index contributed by atoms with van der Waals surface area (Å²) in [6.07, 6.45) is 0.518. The lowest BCUT2D eigenvalue weighted by Crippen LogP contribution is -2.63. The summed E-state index contributed by atoms with van der Waals surface area (Å²) in [7, 11) is 1.64. The predicted molar refractivity (Wildman–Crippen MR) is 119 cm³/mol. The van der Waals surface area contributed by atoms with Crippen LogP contribution in [0, 0.1) is 5.92 Å². The highest BCUT2D eigenvalue weighted by molar-refractivity contribution is 5.97. The number of hydrogen-bond donors (Lipinski definition) is 1. The second-order valence-corrected chi connectivity index (χ2v) is 8.84. The zero-order chi connectivity index (χ0) is 21.7. The Labute approximate surface area is 181 Å². The van der Waals surface area contributed by atoms with Gasteiger partial charge in [-0.2, -0.15) is 0 Å². The van der Waals surface area contributed by atoms with E-state index in [1.807, 2.05) is 42.5 Å². The molecule has 3 aromatic rings. The number of aromatic nitrogens is 1. The van der Waals surface area contributed by atoms with Gasteiger partial charge in [0.25, 0.3) is 0 Å². The SMILES string of the molecule is COc1ccccc1C1c2[nH]c3ccccc3c2CC2C(=O)N(CC(C)C)CC(=O)N21. The molecular formula is C25H27N3O3. The average molecular weight is 418 g/mol. The number of fused-ring (bicyclic) bond motifs is 4. The Kier molecular flexibility index (Phi) is 4.73. The fourth-order valence-corrected chi connectivity index (χ4v) is 5.14. The molecule has 0 bridgehead atoms. The van der Waals surface area contributed by atoms with Crippen LogP contribution in [0.4, 0.5) is 0 Å². The van der Waals surface area contributed by atoms with E-state index < -0.39 is 12.1 Å². The molecule has 6 nitrogen and oxygen atoms in total. The molecule has 2 amide bonds. The van der Waals surface area contributed by atoms with E-state index >= 15 is 0 Å². The summed E-state index contributed by atoms with van der Waals surface area (Å²) in [5, 5.41) is 1.11. The van der Waals surface area contributed by atoms with E-state index in [9.17, 15) is 9.59 Å². The molecule has 2 aliphatic heterocycles. The van der Waals surface area contributed by atoms with Crippen LogP contribution >= 0.6 is 0 Å². The standard InChI is InChI=1S/C25H27N3O3/c1-15(2)13-27-14-22(29)28-20(25(27)30)12-18-16-8-4-6-10-19(16)26-23(18)24(28)17-9-5-7-11-21(17)31-3/h4-11,15,20,24,26H,12-14H2,1-3H3. The van der Waals surface area contributed by atoms with Gasteiger partial charge in [0, 0.05) is 35.1 Å². The largest absolute Gasteiger partial charge is 0.496 e. The van der Waals surface area contributed by atoms with E-state index in [1.165, 1.54) is 0 Å². The van der Waals surface area contributed by atoms with Crippen LogP contribution in [-0.4, -0.2) is 52.8 Å². The van der Waals surface area contributed by atoms with Crippen molar-refractivity contribution in [2.24, 2.45) is 5.92 Å². The van der Waals surface area contributed by atoms with Crippen LogP contribution in [0.3, 0.4) is 0 Å². The second-order valence-electron chi connectivity index (χ2n) is 8.84. The van der Waals surface area contributed by atoms with Crippen molar-refractivity contribution in [1.29, 1.82) is 0 Å². The number of piperazine rings is 1. The topological polar surface area (TPSA) is 65.6 Å². The summed E-state index contributed by atoms with van der Waals surface area (Å²) in [5.41, 5.74) is 3.99. The van der Waals surface area contributed by atoms with Gasteiger partial charge in [0.05, 0.1) is 13.7 Å². The van der Waals surface area contributed by atoms with Crippen molar-refractivity contribution in [2.45, 2.75) is 32.4 Å². The van der Waals surface area contributed by atoms with E-state index in [2.05, 4.69) is 24.9 Å². The van der Waals surface area contributed by atoms with Crippen LogP contribution in [0.5, 0.6) is 5.75 Å². The Balaban J connectivity index is 1.71. The predicted octanol–water partition coefficient (Wildman–Crippen LogP) is 3.52. The number of nitrogens with one attached hydrogen (secondary N) is 1. The Bertz CT molecular complexity index is 1170. The smallest absolute Gasteiger partial charge is 0.246 e. The van der Waals surface area contributed by atoms with Gasteiger partial charge in [0.1, 0.15) is 17.8 Å². The number of benzene rings is 2. The van der Waals surface area contributed by atoms with E-state index in [0.29, 0.717) is 24.6 Å². The number of amides is 2. The number of rotatable bonds is 4. The van der Waals surface area contributed by atoms with Crippen LogP contribution in [0.1, 0.15) is 36.7 Å². The lowest BCUT2D eigenvalue weighted by molar-refractivity contribution is -0.159. The van der Waals surface area contributed by atoms with Crippen molar-refractivity contribution in [3.63, 3.8) is 0 Å². The molecule has 5 rings (SSSR count). The lowest BCUT2D eigenvalue weighted by Gasteiger charge is -2.47. The first-order valence-corrected chi connectivity index (χ1v) is 10.8. The third-order valence-electron chi connectivity index (χ3n) is 6.36. The van der Waals surface area contributed by atoms with Gasteiger partial charge >= 0.3 is 0 Å². The molecule has 1 aromatic heterocycles. The molecule has 2 aromatic carbocycles. The summed E-state index contributed by atoms with van der Waals surface area (Å²) in [5.74, 6) is 1.03. The van der Waals surface area contributed by atoms with Crippen LogP contribution in [0.25, 0.3) is 10.9 Å². The maximum Gasteiger partial charge on any atom is 0.246 e. The number of ether oxygens (including phenoxy) is 1. The first kappa shape index (κ1) is 19.7. The number of methoxy groups -OCH3 is 1. The van der Waals surface area contributed by atoms with Crippen LogP contribution in [0.2, 0.25) is 0 Å². The molecule has 0 aliphatic carbocycles. The van der Waals surface area contributed by atoms with Gasteiger partial charge in [0.15, 0.2) is 0 Å². The molecule has 31 heavy (non-hydrogen) atoms. The van der Waals surface area contributed by atoms with Gasteiger partial charge in [-0.15, -0.1) is 0 Å². The normalized spacial score (nSPS) is 20.9. The van der Waals surface area contributed by atoms with Gasteiger partial charge in [-0.3, -0.25) is 9.59 Å². The van der Waals surface area contributed by atoms with Crippen molar-refractivity contribution in [1.82, 2.24) is 14.8 Å². The number of para-hydroxylation sites is 2. The molecule has 160 valence electrons. The van der Waals surface area contributed by atoms with Crippen molar-refractivity contribution in [3.05, 3.63) is 65.4 Å². The molecule has 2 aliphatic rings. The minimum atomic E-state index is -0.512. The minimum Gasteiger partial charge on any atom is -0.496 e. The van der Waals surface area contributed by atoms with Gasteiger partial charge in [0.2, 0.25) is 11.8 Å². The highest BCUT2D eigenvalue weighted by Crippen LogP contribution is 2.44. The van der Waals surface area contributed by atoms with E-state index in [4.69, 9.17) is 4.74 Å². The fourth-order valence-electron chi connectivity index (χ4n) is 5.14. The Hall–Kier alpha value is -3.28. The van der Waals surface area contributed by atoms with Crippen molar-refractivity contribution < 1.29 is 14.3 Å². The molecular weight excluding hydrogens is 390 g/mol. The fraction of sp³-hybridized carbons (Fsp3) is 0.360. The molecule has 6 heteroatoms. The summed E-state index contributed by atoms with van der Waals surface area (Å²) in [6.45, 7) is 4.85. The van der Waals surface area contributed by atoms with E-state index in [-0.39, 0.29) is 18.4 Å². The molecule has 1 N–H and O–H groups in total. The second kappa shape index (κ2) is 7.45. The highest BCUT2D eigenvalue weighted by atomic mass is 16.5. The first-order valence-electron chi connectivity index (χ1n) is 10.8. The molecule has 2 unspecified atom stereocenters. The third-order valence-corrected chi connectivity index (χ3v) is 6.36. The zero-order valence-corrected chi connectivity index (χ0v) is 18.1. The molecule has 1 fully saturated rings. The van der Waals surface area contributed by atoms with Crippen LogP contribution in [0.15, 0.2) is 48.5 Å². The number of hydrogen-bond acceptors (Lipinski definition) is 3. The average Bonchev–Trinajstić information content (AvgIpc) is 3.14. The first-order chi connectivity index (χ1) is 15.0.